The van der Waals surface area contributed by atoms with Crippen molar-refractivity contribution in [1.29, 1.82) is 0 Å². The number of H-pyrrole nitrogens is 1. The molecular formula is C12H11F3N2O. The molecule has 0 spiro atoms. The minimum absolute atomic E-state index is 0.229. The van der Waals surface area contributed by atoms with Gasteiger partial charge in [-0.3, -0.25) is 0 Å². The monoisotopic (exact) mass is 256 g/mol. The summed E-state index contributed by atoms with van der Waals surface area (Å²) < 4.78 is 39.6. The van der Waals surface area contributed by atoms with Crippen molar-refractivity contribution in [3.8, 4) is 5.75 Å². The molecule has 18 heavy (non-hydrogen) atoms. The average Bonchev–Trinajstić information content (AvgIpc) is 2.79. The zero-order valence-corrected chi connectivity index (χ0v) is 9.29. The van der Waals surface area contributed by atoms with Crippen molar-refractivity contribution in [3.05, 3.63) is 48.3 Å². The van der Waals surface area contributed by atoms with Crippen LogP contribution in [0.5, 0.6) is 5.75 Å². The van der Waals surface area contributed by atoms with Gasteiger partial charge < -0.3 is 15.0 Å². The normalized spacial score (nSPS) is 11.3. The number of benzene rings is 1. The number of anilines is 1. The van der Waals surface area contributed by atoms with Crippen molar-refractivity contribution in [1.82, 2.24) is 4.98 Å². The molecule has 2 aromatic rings. The van der Waals surface area contributed by atoms with Crippen LogP contribution in [0.25, 0.3) is 0 Å². The number of hydrogen-bond donors (Lipinski definition) is 2. The number of nitrogens with one attached hydrogen (secondary N) is 2. The van der Waals surface area contributed by atoms with Crippen molar-refractivity contribution in [2.24, 2.45) is 0 Å². The van der Waals surface area contributed by atoms with Gasteiger partial charge in [0.1, 0.15) is 5.75 Å². The van der Waals surface area contributed by atoms with Gasteiger partial charge in [-0.15, -0.1) is 13.2 Å². The summed E-state index contributed by atoms with van der Waals surface area (Å²) in [7, 11) is 0. The van der Waals surface area contributed by atoms with E-state index in [1.807, 2.05) is 12.1 Å². The molecule has 0 atom stereocenters. The first-order valence-electron chi connectivity index (χ1n) is 5.25. The predicted octanol–water partition coefficient (Wildman–Crippen LogP) is 3.53. The zero-order chi connectivity index (χ0) is 13.0. The Morgan fingerprint density at radius 3 is 2.39 bits per heavy atom. The number of ether oxygens (including phenoxy) is 1. The molecule has 2 N–H and O–H groups in total. The van der Waals surface area contributed by atoms with E-state index in [-0.39, 0.29) is 5.75 Å². The molecule has 1 heterocycles. The van der Waals surface area contributed by atoms with Crippen LogP contribution in [0.15, 0.2) is 42.6 Å². The molecule has 1 aromatic heterocycles. The summed E-state index contributed by atoms with van der Waals surface area (Å²) in [5.74, 6) is -0.229. The maximum atomic E-state index is 11.9. The summed E-state index contributed by atoms with van der Waals surface area (Å²) in [5.41, 5.74) is 1.71. The molecule has 0 unspecified atom stereocenters. The molecule has 0 bridgehead atoms. The van der Waals surface area contributed by atoms with Crippen LogP contribution < -0.4 is 10.1 Å². The Morgan fingerprint density at radius 1 is 1.11 bits per heavy atom. The third-order valence-electron chi connectivity index (χ3n) is 2.23. The summed E-state index contributed by atoms with van der Waals surface area (Å²) in [6, 6.07) is 9.38. The van der Waals surface area contributed by atoms with Gasteiger partial charge in [-0.1, -0.05) is 0 Å². The summed E-state index contributed by atoms with van der Waals surface area (Å²) in [5, 5.41) is 3.07. The molecule has 96 valence electrons. The summed E-state index contributed by atoms with van der Waals surface area (Å²) in [6.45, 7) is 0.576. The lowest BCUT2D eigenvalue weighted by Gasteiger charge is -2.10. The minimum Gasteiger partial charge on any atom is -0.406 e. The van der Waals surface area contributed by atoms with Crippen LogP contribution in [0.1, 0.15) is 5.69 Å². The molecule has 0 saturated carbocycles. The number of aromatic amines is 1. The van der Waals surface area contributed by atoms with Crippen molar-refractivity contribution >= 4 is 5.69 Å². The van der Waals surface area contributed by atoms with Crippen LogP contribution >= 0.6 is 0 Å². The van der Waals surface area contributed by atoms with E-state index in [4.69, 9.17) is 0 Å². The van der Waals surface area contributed by atoms with Crippen LogP contribution in [-0.4, -0.2) is 11.3 Å². The van der Waals surface area contributed by atoms with Crippen molar-refractivity contribution in [3.63, 3.8) is 0 Å². The smallest absolute Gasteiger partial charge is 0.406 e. The second-order valence-corrected chi connectivity index (χ2v) is 3.62. The molecule has 0 aliphatic heterocycles. The molecule has 1 aromatic carbocycles. The molecule has 0 radical (unpaired) electrons. The van der Waals surface area contributed by atoms with Gasteiger partial charge >= 0.3 is 6.36 Å². The Hall–Kier alpha value is -2.11. The second kappa shape index (κ2) is 5.03. The number of hydrogen-bond acceptors (Lipinski definition) is 2. The van der Waals surface area contributed by atoms with Gasteiger partial charge in [-0.05, 0) is 36.4 Å². The molecule has 0 saturated heterocycles. The van der Waals surface area contributed by atoms with Crippen LogP contribution in [0, 0.1) is 0 Å². The van der Waals surface area contributed by atoms with Gasteiger partial charge in [0, 0.05) is 17.6 Å². The maximum Gasteiger partial charge on any atom is 0.573 e. The largest absolute Gasteiger partial charge is 0.573 e. The first kappa shape index (κ1) is 12.3. The second-order valence-electron chi connectivity index (χ2n) is 3.62. The number of alkyl halides is 3. The Labute approximate surface area is 102 Å². The lowest BCUT2D eigenvalue weighted by molar-refractivity contribution is -0.274. The lowest BCUT2D eigenvalue weighted by atomic mass is 10.3. The zero-order valence-electron chi connectivity index (χ0n) is 9.29. The molecule has 0 aliphatic carbocycles. The first-order valence-corrected chi connectivity index (χ1v) is 5.25. The van der Waals surface area contributed by atoms with Crippen LogP contribution in [-0.2, 0) is 6.54 Å². The number of aromatic nitrogens is 1. The Bertz CT molecular complexity index is 477. The Morgan fingerprint density at radius 2 is 1.83 bits per heavy atom. The fraction of sp³-hybridized carbons (Fsp3) is 0.167. The predicted molar refractivity (Wildman–Crippen MR) is 61.2 cm³/mol. The number of halogens is 3. The van der Waals surface area contributed by atoms with Crippen molar-refractivity contribution in [2.45, 2.75) is 12.9 Å². The van der Waals surface area contributed by atoms with Crippen LogP contribution in [0.3, 0.4) is 0 Å². The molecule has 2 rings (SSSR count). The third-order valence-corrected chi connectivity index (χ3v) is 2.23. The molecule has 3 nitrogen and oxygen atoms in total. The molecule has 0 aliphatic rings. The average molecular weight is 256 g/mol. The summed E-state index contributed by atoms with van der Waals surface area (Å²) in [4.78, 5) is 3.01. The van der Waals surface area contributed by atoms with E-state index < -0.39 is 6.36 Å². The summed E-state index contributed by atoms with van der Waals surface area (Å²) in [6.07, 6.45) is -2.85. The van der Waals surface area contributed by atoms with E-state index in [2.05, 4.69) is 15.0 Å². The highest BCUT2D eigenvalue weighted by Gasteiger charge is 2.30. The molecule has 0 fully saturated rings. The van der Waals surface area contributed by atoms with E-state index in [9.17, 15) is 13.2 Å². The third kappa shape index (κ3) is 3.73. The fourth-order valence-electron chi connectivity index (χ4n) is 1.45. The van der Waals surface area contributed by atoms with E-state index >= 15 is 0 Å². The Kier molecular flexibility index (Phi) is 3.45. The molecular weight excluding hydrogens is 245 g/mol. The Balaban J connectivity index is 1.91. The van der Waals surface area contributed by atoms with Crippen molar-refractivity contribution in [2.75, 3.05) is 5.32 Å². The van der Waals surface area contributed by atoms with Gasteiger partial charge in [-0.2, -0.15) is 0 Å². The maximum absolute atomic E-state index is 11.9. The minimum atomic E-state index is -4.65. The van der Waals surface area contributed by atoms with Crippen LogP contribution in [0.4, 0.5) is 18.9 Å². The fourth-order valence-corrected chi connectivity index (χ4v) is 1.45. The van der Waals surface area contributed by atoms with Gasteiger partial charge in [0.25, 0.3) is 0 Å². The highest BCUT2D eigenvalue weighted by Crippen LogP contribution is 2.24. The van der Waals surface area contributed by atoms with Gasteiger partial charge in [0.15, 0.2) is 0 Å². The van der Waals surface area contributed by atoms with Gasteiger partial charge in [0.05, 0.1) is 6.54 Å². The lowest BCUT2D eigenvalue weighted by Crippen LogP contribution is -2.17. The quantitative estimate of drug-likeness (QED) is 0.878. The molecule has 6 heteroatoms. The molecule has 0 amide bonds. The number of rotatable bonds is 4. The topological polar surface area (TPSA) is 37.0 Å². The van der Waals surface area contributed by atoms with Gasteiger partial charge in [0.2, 0.25) is 0 Å². The first-order chi connectivity index (χ1) is 8.53. The highest BCUT2D eigenvalue weighted by molar-refractivity contribution is 5.46. The summed E-state index contributed by atoms with van der Waals surface area (Å²) >= 11 is 0. The van der Waals surface area contributed by atoms with E-state index in [1.165, 1.54) is 24.3 Å². The van der Waals surface area contributed by atoms with Gasteiger partial charge in [-0.25, -0.2) is 0 Å². The SMILES string of the molecule is FC(F)(F)Oc1ccc(NCc2ccc[nH]2)cc1. The standard InChI is InChI=1S/C12H11F3N2O/c13-12(14,15)18-11-5-3-9(4-6-11)17-8-10-2-1-7-16-10/h1-7,16-17H,8H2. The van der Waals surface area contributed by atoms with E-state index in [0.717, 1.165) is 11.4 Å². The van der Waals surface area contributed by atoms with E-state index in [0.29, 0.717) is 6.54 Å². The van der Waals surface area contributed by atoms with Crippen LogP contribution in [0.2, 0.25) is 0 Å². The van der Waals surface area contributed by atoms with E-state index in [1.54, 1.807) is 6.20 Å². The van der Waals surface area contributed by atoms with Crippen molar-refractivity contribution < 1.29 is 17.9 Å². The highest BCUT2D eigenvalue weighted by atomic mass is 19.4.